The molecule has 1 heterocycles. The second kappa shape index (κ2) is 7.37. The molecule has 0 atom stereocenters. The Morgan fingerprint density at radius 1 is 1.04 bits per heavy atom. The molecule has 0 radical (unpaired) electrons. The van der Waals surface area contributed by atoms with E-state index in [1.807, 2.05) is 18.2 Å². The van der Waals surface area contributed by atoms with Gasteiger partial charge in [0.25, 0.3) is 0 Å². The van der Waals surface area contributed by atoms with Crippen LogP contribution in [-0.2, 0) is 6.42 Å². The van der Waals surface area contributed by atoms with Gasteiger partial charge in [-0.3, -0.25) is 4.99 Å². The van der Waals surface area contributed by atoms with Gasteiger partial charge in [-0.1, -0.05) is 24.6 Å². The first-order chi connectivity index (χ1) is 13.5. The van der Waals surface area contributed by atoms with Gasteiger partial charge in [0.15, 0.2) is 5.58 Å². The summed E-state index contributed by atoms with van der Waals surface area (Å²) in [5, 5.41) is 20.7. The first-order valence-electron chi connectivity index (χ1n) is 8.79. The van der Waals surface area contributed by atoms with Crippen molar-refractivity contribution >= 4 is 34.6 Å². The van der Waals surface area contributed by atoms with Crippen LogP contribution in [0.15, 0.2) is 64.0 Å². The zero-order chi connectivity index (χ0) is 19.7. The normalized spacial score (nSPS) is 11.5. The zero-order valence-corrected chi connectivity index (χ0v) is 15.8. The van der Waals surface area contributed by atoms with Crippen molar-refractivity contribution in [1.29, 1.82) is 0 Å². The Hall–Kier alpha value is -3.31. The van der Waals surface area contributed by atoms with Gasteiger partial charge in [-0.05, 0) is 60.5 Å². The van der Waals surface area contributed by atoms with E-state index in [4.69, 9.17) is 16.0 Å². The van der Waals surface area contributed by atoms with E-state index in [1.165, 1.54) is 18.3 Å². The number of nitrogens with zero attached hydrogens (tertiary/aromatic N) is 2. The van der Waals surface area contributed by atoms with E-state index in [0.29, 0.717) is 33.3 Å². The molecule has 0 unspecified atom stereocenters. The van der Waals surface area contributed by atoms with Crippen molar-refractivity contribution in [3.8, 4) is 23.0 Å². The predicted molar refractivity (Wildman–Crippen MR) is 111 cm³/mol. The Balaban J connectivity index is 1.71. The monoisotopic (exact) mass is 392 g/mol. The lowest BCUT2D eigenvalue weighted by Crippen LogP contribution is -1.83. The number of benzene rings is 3. The molecule has 3 aromatic carbocycles. The van der Waals surface area contributed by atoms with Crippen LogP contribution in [0, 0.1) is 0 Å². The topological polar surface area (TPSA) is 78.9 Å². The highest BCUT2D eigenvalue weighted by Gasteiger charge is 2.13. The molecular weight excluding hydrogens is 376 g/mol. The molecule has 4 aromatic rings. The van der Waals surface area contributed by atoms with E-state index in [-0.39, 0.29) is 11.5 Å². The lowest BCUT2D eigenvalue weighted by Gasteiger charge is -2.02. The van der Waals surface area contributed by atoms with Crippen molar-refractivity contribution < 1.29 is 14.6 Å². The van der Waals surface area contributed by atoms with E-state index in [2.05, 4.69) is 16.9 Å². The first-order valence-corrected chi connectivity index (χ1v) is 9.16. The Morgan fingerprint density at radius 3 is 2.68 bits per heavy atom. The largest absolute Gasteiger partial charge is 0.507 e. The summed E-state index contributed by atoms with van der Waals surface area (Å²) >= 11 is 5.96. The highest BCUT2D eigenvalue weighted by Crippen LogP contribution is 2.34. The van der Waals surface area contributed by atoms with Gasteiger partial charge in [0.1, 0.15) is 17.0 Å². The predicted octanol–water partition coefficient (Wildman–Crippen LogP) is 5.87. The van der Waals surface area contributed by atoms with Crippen molar-refractivity contribution in [2.75, 3.05) is 0 Å². The van der Waals surface area contributed by atoms with Crippen molar-refractivity contribution in [3.63, 3.8) is 0 Å². The Bertz CT molecular complexity index is 1200. The Labute approximate surface area is 166 Å². The quantitative estimate of drug-likeness (QED) is 0.425. The van der Waals surface area contributed by atoms with Crippen LogP contribution in [0.1, 0.15) is 18.1 Å². The van der Waals surface area contributed by atoms with Crippen LogP contribution in [0.2, 0.25) is 5.02 Å². The van der Waals surface area contributed by atoms with E-state index in [9.17, 15) is 10.2 Å². The molecule has 0 aliphatic rings. The number of aromatic hydroxyl groups is 2. The minimum Gasteiger partial charge on any atom is -0.507 e. The number of rotatable bonds is 4. The summed E-state index contributed by atoms with van der Waals surface area (Å²) in [4.78, 5) is 8.86. The number of hydrogen-bond donors (Lipinski definition) is 2. The van der Waals surface area contributed by atoms with Gasteiger partial charge >= 0.3 is 0 Å². The fraction of sp³-hybridized carbons (Fsp3) is 0.0909. The minimum absolute atomic E-state index is 0.0480. The van der Waals surface area contributed by atoms with Gasteiger partial charge < -0.3 is 14.6 Å². The fourth-order valence-electron chi connectivity index (χ4n) is 2.86. The van der Waals surface area contributed by atoms with Crippen LogP contribution in [0.5, 0.6) is 11.5 Å². The van der Waals surface area contributed by atoms with E-state index < -0.39 is 0 Å². The highest BCUT2D eigenvalue weighted by atomic mass is 35.5. The van der Waals surface area contributed by atoms with Crippen LogP contribution >= 0.6 is 11.6 Å². The average molecular weight is 393 g/mol. The molecule has 0 bridgehead atoms. The van der Waals surface area contributed by atoms with Gasteiger partial charge in [0, 0.05) is 16.8 Å². The summed E-state index contributed by atoms with van der Waals surface area (Å²) in [5.41, 5.74) is 4.08. The second-order valence-corrected chi connectivity index (χ2v) is 6.77. The summed E-state index contributed by atoms with van der Waals surface area (Å²) in [5.74, 6) is 0.452. The molecule has 1 aromatic heterocycles. The third-order valence-electron chi connectivity index (χ3n) is 4.41. The smallest absolute Gasteiger partial charge is 0.231 e. The van der Waals surface area contributed by atoms with Crippen LogP contribution < -0.4 is 0 Å². The van der Waals surface area contributed by atoms with E-state index in [1.54, 1.807) is 24.3 Å². The Morgan fingerprint density at radius 2 is 1.86 bits per heavy atom. The van der Waals surface area contributed by atoms with Crippen molar-refractivity contribution in [1.82, 2.24) is 4.98 Å². The van der Waals surface area contributed by atoms with Crippen LogP contribution in [0.3, 0.4) is 0 Å². The number of fused-ring (bicyclic) bond motifs is 1. The fourth-order valence-corrected chi connectivity index (χ4v) is 3.04. The summed E-state index contributed by atoms with van der Waals surface area (Å²) in [6.45, 7) is 2.08. The molecule has 0 saturated heterocycles. The maximum absolute atomic E-state index is 10.3. The van der Waals surface area contributed by atoms with Gasteiger partial charge in [0.05, 0.1) is 11.3 Å². The molecule has 0 aliphatic carbocycles. The molecule has 0 fully saturated rings. The molecule has 0 aliphatic heterocycles. The molecule has 4 rings (SSSR count). The average Bonchev–Trinajstić information content (AvgIpc) is 3.12. The number of hydrogen-bond acceptors (Lipinski definition) is 5. The van der Waals surface area contributed by atoms with Crippen LogP contribution in [-0.4, -0.2) is 21.4 Å². The summed E-state index contributed by atoms with van der Waals surface area (Å²) < 4.78 is 5.81. The number of aromatic nitrogens is 1. The van der Waals surface area contributed by atoms with Crippen molar-refractivity contribution in [2.24, 2.45) is 4.99 Å². The molecule has 0 spiro atoms. The standard InChI is InChI=1S/C22H17ClN2O3/c1-2-13-3-8-21-18(9-13)25-22(28-21)17-11-16(5-7-20(17)27)24-12-14-10-15(23)4-6-19(14)26/h3-12,26-27H,2H2,1H3. The maximum Gasteiger partial charge on any atom is 0.231 e. The number of aryl methyl sites for hydroxylation is 1. The minimum atomic E-state index is 0.0480. The lowest BCUT2D eigenvalue weighted by atomic mass is 10.1. The van der Waals surface area contributed by atoms with Gasteiger partial charge in [0.2, 0.25) is 5.89 Å². The SMILES string of the molecule is CCc1ccc2oc(-c3cc(N=Cc4cc(Cl)ccc4O)ccc3O)nc2c1. The summed E-state index contributed by atoms with van der Waals surface area (Å²) in [6, 6.07) is 15.5. The molecule has 0 amide bonds. The lowest BCUT2D eigenvalue weighted by molar-refractivity contribution is 0.473. The second-order valence-electron chi connectivity index (χ2n) is 6.34. The summed E-state index contributed by atoms with van der Waals surface area (Å²) in [7, 11) is 0. The summed E-state index contributed by atoms with van der Waals surface area (Å²) in [6.07, 6.45) is 2.42. The van der Waals surface area contributed by atoms with Crippen LogP contribution in [0.4, 0.5) is 5.69 Å². The van der Waals surface area contributed by atoms with Crippen LogP contribution in [0.25, 0.3) is 22.6 Å². The zero-order valence-electron chi connectivity index (χ0n) is 15.1. The highest BCUT2D eigenvalue weighted by molar-refractivity contribution is 6.30. The third kappa shape index (κ3) is 3.57. The van der Waals surface area contributed by atoms with Gasteiger partial charge in [-0.15, -0.1) is 0 Å². The van der Waals surface area contributed by atoms with E-state index in [0.717, 1.165) is 17.5 Å². The van der Waals surface area contributed by atoms with Gasteiger partial charge in [-0.25, -0.2) is 4.98 Å². The number of halogens is 1. The van der Waals surface area contributed by atoms with Crippen molar-refractivity contribution in [2.45, 2.75) is 13.3 Å². The molecule has 5 nitrogen and oxygen atoms in total. The number of phenolic OH excluding ortho intramolecular Hbond substituents is 2. The van der Waals surface area contributed by atoms with Crippen molar-refractivity contribution in [3.05, 3.63) is 70.7 Å². The van der Waals surface area contributed by atoms with Gasteiger partial charge in [-0.2, -0.15) is 0 Å². The third-order valence-corrected chi connectivity index (χ3v) is 4.65. The molecule has 6 heteroatoms. The molecule has 140 valence electrons. The molecule has 28 heavy (non-hydrogen) atoms. The number of aliphatic imine (C=N–C) groups is 1. The van der Waals surface area contributed by atoms with E-state index >= 15 is 0 Å². The first kappa shape index (κ1) is 18.1. The number of oxazole rings is 1. The maximum atomic E-state index is 10.3. The molecule has 0 saturated carbocycles. The molecular formula is C22H17ClN2O3. The Kier molecular flexibility index (Phi) is 4.75. The molecule has 2 N–H and O–H groups in total. The number of phenols is 2.